The zero-order valence-corrected chi connectivity index (χ0v) is 21.3. The Morgan fingerprint density at radius 1 is 1.08 bits per heavy atom. The average molecular weight is 511 g/mol. The number of ether oxygens (including phenoxy) is 1. The second kappa shape index (κ2) is 10.5. The molecule has 0 saturated carbocycles. The van der Waals surface area contributed by atoms with Crippen molar-refractivity contribution in [1.82, 2.24) is 20.2 Å². The number of nitrogens with one attached hydrogen (secondary N) is 2. The molecule has 4 rings (SSSR count). The molecule has 2 N–H and O–H groups in total. The Morgan fingerprint density at radius 2 is 1.75 bits per heavy atom. The zero-order chi connectivity index (χ0) is 25.9. The summed E-state index contributed by atoms with van der Waals surface area (Å²) in [5.74, 6) is 0.361. The van der Waals surface area contributed by atoms with Crippen LogP contribution in [-0.4, -0.2) is 55.0 Å². The van der Waals surface area contributed by atoms with Crippen LogP contribution in [-0.2, 0) is 19.4 Å². The minimum absolute atomic E-state index is 0.115. The SMILES string of the molecule is COC(=O)N[C@H](C(=O)N1CCC[C@@H]1c1ncc(-c2ccc(S(=O)(=O)c3ccccc3)cc2)[nH]1)C(C)C. The summed E-state index contributed by atoms with van der Waals surface area (Å²) < 4.78 is 30.4. The van der Waals surface area contributed by atoms with Crippen LogP contribution in [0.5, 0.6) is 0 Å². The van der Waals surface area contributed by atoms with Crippen molar-refractivity contribution >= 4 is 21.8 Å². The molecule has 1 aliphatic heterocycles. The summed E-state index contributed by atoms with van der Waals surface area (Å²) in [4.78, 5) is 35.1. The fourth-order valence-corrected chi connectivity index (χ4v) is 5.68. The Morgan fingerprint density at radius 3 is 2.39 bits per heavy atom. The van der Waals surface area contributed by atoms with Crippen LogP contribution in [0.1, 0.15) is 38.6 Å². The molecule has 0 unspecified atom stereocenters. The summed E-state index contributed by atoms with van der Waals surface area (Å²) >= 11 is 0. The number of sulfone groups is 1. The minimum atomic E-state index is -3.60. The first kappa shape index (κ1) is 25.4. The third-order valence-corrected chi connectivity index (χ3v) is 8.15. The molecule has 1 fully saturated rings. The lowest BCUT2D eigenvalue weighted by molar-refractivity contribution is -0.135. The van der Waals surface area contributed by atoms with Crippen LogP contribution in [0.2, 0.25) is 0 Å². The molecule has 10 heteroatoms. The number of alkyl carbamates (subject to hydrolysis) is 1. The highest BCUT2D eigenvalue weighted by molar-refractivity contribution is 7.91. The molecule has 2 amide bonds. The van der Waals surface area contributed by atoms with E-state index in [9.17, 15) is 18.0 Å². The molecule has 36 heavy (non-hydrogen) atoms. The lowest BCUT2D eigenvalue weighted by Crippen LogP contribution is -2.51. The molecular formula is C26H30N4O5S. The molecule has 2 heterocycles. The molecular weight excluding hydrogens is 480 g/mol. The first-order chi connectivity index (χ1) is 17.2. The molecule has 0 radical (unpaired) electrons. The Labute approximate surface area is 210 Å². The first-order valence-corrected chi connectivity index (χ1v) is 13.3. The summed E-state index contributed by atoms with van der Waals surface area (Å²) in [5.41, 5.74) is 1.50. The van der Waals surface area contributed by atoms with E-state index in [1.54, 1.807) is 65.7 Å². The van der Waals surface area contributed by atoms with Gasteiger partial charge in [-0.05, 0) is 48.6 Å². The summed E-state index contributed by atoms with van der Waals surface area (Å²) in [7, 11) is -2.33. The van der Waals surface area contributed by atoms with E-state index in [4.69, 9.17) is 0 Å². The van der Waals surface area contributed by atoms with E-state index in [1.165, 1.54) is 7.11 Å². The molecule has 2 atom stereocenters. The predicted octanol–water partition coefficient (Wildman–Crippen LogP) is 3.95. The Kier molecular flexibility index (Phi) is 7.44. The molecule has 1 aromatic heterocycles. The number of hydrogen-bond acceptors (Lipinski definition) is 6. The number of rotatable bonds is 7. The molecule has 9 nitrogen and oxygen atoms in total. The van der Waals surface area contributed by atoms with Crippen molar-refractivity contribution in [3.63, 3.8) is 0 Å². The topological polar surface area (TPSA) is 121 Å². The van der Waals surface area contributed by atoms with Gasteiger partial charge in [0.15, 0.2) is 0 Å². The number of aromatic amines is 1. The highest BCUT2D eigenvalue weighted by Crippen LogP contribution is 2.33. The van der Waals surface area contributed by atoms with Gasteiger partial charge < -0.3 is 19.9 Å². The normalized spacial score (nSPS) is 16.7. The van der Waals surface area contributed by atoms with Crippen LogP contribution < -0.4 is 5.32 Å². The van der Waals surface area contributed by atoms with Crippen LogP contribution in [0.3, 0.4) is 0 Å². The monoisotopic (exact) mass is 510 g/mol. The van der Waals surface area contributed by atoms with Crippen LogP contribution >= 0.6 is 0 Å². The van der Waals surface area contributed by atoms with Crippen molar-refractivity contribution in [3.05, 3.63) is 66.6 Å². The van der Waals surface area contributed by atoms with E-state index in [-0.39, 0.29) is 27.7 Å². The number of nitrogens with zero attached hydrogens (tertiary/aromatic N) is 2. The maximum Gasteiger partial charge on any atom is 0.407 e. The van der Waals surface area contributed by atoms with Crippen LogP contribution in [0, 0.1) is 5.92 Å². The van der Waals surface area contributed by atoms with Crippen molar-refractivity contribution in [3.8, 4) is 11.3 Å². The van der Waals surface area contributed by atoms with Gasteiger partial charge in [-0.3, -0.25) is 4.79 Å². The van der Waals surface area contributed by atoms with Crippen molar-refractivity contribution in [2.24, 2.45) is 5.92 Å². The summed E-state index contributed by atoms with van der Waals surface area (Å²) in [6, 6.07) is 14.0. The van der Waals surface area contributed by atoms with Crippen LogP contribution in [0.15, 0.2) is 70.6 Å². The average Bonchev–Trinajstić information content (AvgIpc) is 3.57. The van der Waals surface area contributed by atoms with Gasteiger partial charge in [0.2, 0.25) is 15.7 Å². The van der Waals surface area contributed by atoms with Crippen molar-refractivity contribution in [2.75, 3.05) is 13.7 Å². The Hall–Kier alpha value is -3.66. The number of benzene rings is 2. The highest BCUT2D eigenvalue weighted by atomic mass is 32.2. The van der Waals surface area contributed by atoms with Crippen molar-refractivity contribution in [2.45, 2.75) is 48.6 Å². The van der Waals surface area contributed by atoms with Gasteiger partial charge in [0.25, 0.3) is 0 Å². The quantitative estimate of drug-likeness (QED) is 0.496. The van der Waals surface area contributed by atoms with Gasteiger partial charge in [0, 0.05) is 6.54 Å². The predicted molar refractivity (Wildman–Crippen MR) is 134 cm³/mol. The molecule has 1 aliphatic rings. The van der Waals surface area contributed by atoms with Gasteiger partial charge >= 0.3 is 6.09 Å². The van der Waals surface area contributed by atoms with E-state index in [0.717, 1.165) is 24.1 Å². The van der Waals surface area contributed by atoms with Crippen LogP contribution in [0.4, 0.5) is 4.79 Å². The molecule has 1 saturated heterocycles. The van der Waals surface area contributed by atoms with Gasteiger partial charge in [-0.2, -0.15) is 0 Å². The first-order valence-electron chi connectivity index (χ1n) is 11.8. The number of likely N-dealkylation sites (tertiary alicyclic amines) is 1. The van der Waals surface area contributed by atoms with Gasteiger partial charge in [-0.15, -0.1) is 0 Å². The molecule has 3 aromatic rings. The second-order valence-corrected chi connectivity index (χ2v) is 11.0. The van der Waals surface area contributed by atoms with Gasteiger partial charge in [-0.1, -0.05) is 44.2 Å². The van der Waals surface area contributed by atoms with Gasteiger partial charge in [-0.25, -0.2) is 18.2 Å². The maximum absolute atomic E-state index is 13.3. The minimum Gasteiger partial charge on any atom is -0.453 e. The smallest absolute Gasteiger partial charge is 0.407 e. The van der Waals surface area contributed by atoms with Gasteiger partial charge in [0.1, 0.15) is 11.9 Å². The summed E-state index contributed by atoms with van der Waals surface area (Å²) in [6.07, 6.45) is 2.61. The third-order valence-electron chi connectivity index (χ3n) is 6.37. The van der Waals surface area contributed by atoms with E-state index < -0.39 is 22.0 Å². The standard InChI is InChI=1S/C26H30N4O5S/c1-17(2)23(29-26(32)35-3)25(31)30-15-7-10-22(30)24-27-16-21(28-24)18-11-13-20(14-12-18)36(33,34)19-8-5-4-6-9-19/h4-6,8-9,11-14,16-17,22-23H,7,10,15H2,1-3H3,(H,27,28)(H,29,32)/t22-,23+/m1/s1. The summed E-state index contributed by atoms with van der Waals surface area (Å²) in [6.45, 7) is 4.31. The number of methoxy groups -OCH3 is 1. The molecule has 0 bridgehead atoms. The highest BCUT2D eigenvalue weighted by Gasteiger charge is 2.37. The lowest BCUT2D eigenvalue weighted by atomic mass is 10.0. The molecule has 2 aromatic carbocycles. The molecule has 190 valence electrons. The third kappa shape index (κ3) is 5.13. The van der Waals surface area contributed by atoms with Crippen molar-refractivity contribution in [1.29, 1.82) is 0 Å². The van der Waals surface area contributed by atoms with E-state index >= 15 is 0 Å². The zero-order valence-electron chi connectivity index (χ0n) is 20.5. The number of carbonyl (C=O) groups is 2. The second-order valence-electron chi connectivity index (χ2n) is 9.07. The van der Waals surface area contributed by atoms with E-state index in [1.807, 2.05) is 13.8 Å². The Bertz CT molecular complexity index is 1320. The maximum atomic E-state index is 13.3. The molecule has 0 aliphatic carbocycles. The fourth-order valence-electron chi connectivity index (χ4n) is 4.39. The number of hydrogen-bond donors (Lipinski definition) is 2. The Balaban J connectivity index is 1.53. The number of amides is 2. The lowest BCUT2D eigenvalue weighted by Gasteiger charge is -2.30. The largest absolute Gasteiger partial charge is 0.453 e. The van der Waals surface area contributed by atoms with Crippen LogP contribution in [0.25, 0.3) is 11.3 Å². The molecule has 0 spiro atoms. The van der Waals surface area contributed by atoms with E-state index in [2.05, 4.69) is 20.0 Å². The number of carbonyl (C=O) groups excluding carboxylic acids is 2. The van der Waals surface area contributed by atoms with E-state index in [0.29, 0.717) is 12.4 Å². The number of H-pyrrole nitrogens is 1. The van der Waals surface area contributed by atoms with Crippen molar-refractivity contribution < 1.29 is 22.7 Å². The fraction of sp³-hybridized carbons (Fsp3) is 0.346. The summed E-state index contributed by atoms with van der Waals surface area (Å²) in [5, 5.41) is 2.64. The number of imidazole rings is 1. The van der Waals surface area contributed by atoms with Gasteiger partial charge in [0.05, 0.1) is 34.8 Å². The number of aromatic nitrogens is 2.